The van der Waals surface area contributed by atoms with Gasteiger partial charge in [0.1, 0.15) is 6.61 Å². The molecule has 0 radical (unpaired) electrons. The Labute approximate surface area is 160 Å². The molecule has 1 aliphatic carbocycles. The third-order valence-corrected chi connectivity index (χ3v) is 5.41. The summed E-state index contributed by atoms with van der Waals surface area (Å²) in [5.74, 6) is 1.61. The average molecular weight is 374 g/mol. The Balaban J connectivity index is 0.00000196. The molecular formula is C20H24ClN3O2. The zero-order valence-corrected chi connectivity index (χ0v) is 15.4. The molecule has 5 nitrogen and oxygen atoms in total. The van der Waals surface area contributed by atoms with Crippen molar-refractivity contribution in [2.75, 3.05) is 13.1 Å². The van der Waals surface area contributed by atoms with Crippen LogP contribution in [0.25, 0.3) is 0 Å². The van der Waals surface area contributed by atoms with Gasteiger partial charge in [-0.15, -0.1) is 12.4 Å². The highest BCUT2D eigenvalue weighted by Gasteiger charge is 2.42. The van der Waals surface area contributed by atoms with E-state index in [1.807, 2.05) is 35.2 Å². The number of hydrogen-bond acceptors (Lipinski definition) is 4. The standard InChI is InChI=1S/C20H23N3O2.ClH/c21-18-8-6-16-11-23(12-17(16)18)20(24)15-7-9-19(22-10-15)25-13-14-4-2-1-3-5-14;/h1-5,7,9-10,16-18H,6,8,11-13,21H2;1H. The van der Waals surface area contributed by atoms with Gasteiger partial charge in [0.15, 0.2) is 0 Å². The van der Waals surface area contributed by atoms with Crippen molar-refractivity contribution in [3.63, 3.8) is 0 Å². The summed E-state index contributed by atoms with van der Waals surface area (Å²) in [6, 6.07) is 13.7. The quantitative estimate of drug-likeness (QED) is 0.894. The molecule has 0 bridgehead atoms. The number of ether oxygens (including phenoxy) is 1. The molecule has 1 aliphatic heterocycles. The van der Waals surface area contributed by atoms with Crippen molar-refractivity contribution in [3.05, 3.63) is 59.8 Å². The molecule has 3 unspecified atom stereocenters. The van der Waals surface area contributed by atoms with Crippen molar-refractivity contribution in [1.82, 2.24) is 9.88 Å². The number of likely N-dealkylation sites (tertiary alicyclic amines) is 1. The second-order valence-electron chi connectivity index (χ2n) is 7.03. The van der Waals surface area contributed by atoms with Crippen LogP contribution in [0.15, 0.2) is 48.7 Å². The average Bonchev–Trinajstić information content (AvgIpc) is 3.23. The van der Waals surface area contributed by atoms with Crippen molar-refractivity contribution in [3.8, 4) is 5.88 Å². The van der Waals surface area contributed by atoms with Crippen LogP contribution >= 0.6 is 12.4 Å². The van der Waals surface area contributed by atoms with Crippen molar-refractivity contribution in [2.45, 2.75) is 25.5 Å². The predicted molar refractivity (Wildman–Crippen MR) is 102 cm³/mol. The van der Waals surface area contributed by atoms with Gasteiger partial charge >= 0.3 is 0 Å². The monoisotopic (exact) mass is 373 g/mol. The maximum atomic E-state index is 12.7. The van der Waals surface area contributed by atoms with E-state index in [9.17, 15) is 4.79 Å². The second-order valence-corrected chi connectivity index (χ2v) is 7.03. The summed E-state index contributed by atoms with van der Waals surface area (Å²) in [5.41, 5.74) is 7.85. The van der Waals surface area contributed by atoms with Crippen molar-refractivity contribution in [2.24, 2.45) is 17.6 Å². The molecule has 2 aliphatic rings. The van der Waals surface area contributed by atoms with Gasteiger partial charge in [-0.05, 0) is 36.3 Å². The van der Waals surface area contributed by atoms with E-state index < -0.39 is 0 Å². The van der Waals surface area contributed by atoms with Crippen LogP contribution in [0, 0.1) is 11.8 Å². The lowest BCUT2D eigenvalue weighted by molar-refractivity contribution is 0.0779. The molecule has 26 heavy (non-hydrogen) atoms. The van der Waals surface area contributed by atoms with E-state index in [0.29, 0.717) is 29.9 Å². The maximum Gasteiger partial charge on any atom is 0.255 e. The van der Waals surface area contributed by atoms with Gasteiger partial charge in [0.05, 0.1) is 5.56 Å². The number of rotatable bonds is 4. The van der Waals surface area contributed by atoms with Crippen molar-refractivity contribution in [1.29, 1.82) is 0 Å². The Morgan fingerprint density at radius 2 is 1.96 bits per heavy atom. The number of nitrogens with two attached hydrogens (primary N) is 1. The van der Waals surface area contributed by atoms with Gasteiger partial charge in [-0.1, -0.05) is 30.3 Å². The van der Waals surface area contributed by atoms with Gasteiger partial charge in [-0.3, -0.25) is 4.79 Å². The second kappa shape index (κ2) is 8.06. The molecule has 2 N–H and O–H groups in total. The molecule has 1 amide bonds. The minimum atomic E-state index is 0. The molecule has 138 valence electrons. The largest absolute Gasteiger partial charge is 0.473 e. The summed E-state index contributed by atoms with van der Waals surface area (Å²) in [5, 5.41) is 0. The van der Waals surface area contributed by atoms with E-state index in [1.54, 1.807) is 18.3 Å². The third-order valence-electron chi connectivity index (χ3n) is 5.41. The Bertz CT molecular complexity index is 738. The highest BCUT2D eigenvalue weighted by Crippen LogP contribution is 2.37. The van der Waals surface area contributed by atoms with Crippen molar-refractivity contribution < 1.29 is 9.53 Å². The van der Waals surface area contributed by atoms with E-state index >= 15 is 0 Å². The van der Waals surface area contributed by atoms with Gasteiger partial charge < -0.3 is 15.4 Å². The Kier molecular flexibility index (Phi) is 5.79. The lowest BCUT2D eigenvalue weighted by Crippen LogP contribution is -2.33. The fourth-order valence-corrected chi connectivity index (χ4v) is 3.98. The number of carbonyl (C=O) groups is 1. The van der Waals surface area contributed by atoms with Gasteiger partial charge in [0.25, 0.3) is 5.91 Å². The molecule has 6 heteroatoms. The number of aromatic nitrogens is 1. The Hall–Kier alpha value is -2.11. The fourth-order valence-electron chi connectivity index (χ4n) is 3.98. The summed E-state index contributed by atoms with van der Waals surface area (Å²) in [4.78, 5) is 18.9. The SMILES string of the molecule is Cl.NC1CCC2CN(C(=O)c3ccc(OCc4ccccc4)nc3)CC12. The number of amides is 1. The zero-order valence-electron chi connectivity index (χ0n) is 14.6. The number of halogens is 1. The van der Waals surface area contributed by atoms with Crippen molar-refractivity contribution >= 4 is 18.3 Å². The first-order chi connectivity index (χ1) is 12.2. The van der Waals surface area contributed by atoms with Crippen LogP contribution in [-0.4, -0.2) is 34.9 Å². The molecular weight excluding hydrogens is 350 g/mol. The first kappa shape index (κ1) is 18.7. The molecule has 1 saturated heterocycles. The number of pyridine rings is 1. The van der Waals surface area contributed by atoms with Crippen LogP contribution in [0.1, 0.15) is 28.8 Å². The van der Waals surface area contributed by atoms with Gasteiger partial charge in [-0.2, -0.15) is 0 Å². The molecule has 2 heterocycles. The zero-order chi connectivity index (χ0) is 17.2. The number of benzene rings is 1. The van der Waals surface area contributed by atoms with Crippen LogP contribution in [0.5, 0.6) is 5.88 Å². The highest BCUT2D eigenvalue weighted by molar-refractivity contribution is 5.94. The molecule has 1 aromatic carbocycles. The first-order valence-corrected chi connectivity index (χ1v) is 8.88. The lowest BCUT2D eigenvalue weighted by atomic mass is 9.98. The maximum absolute atomic E-state index is 12.7. The summed E-state index contributed by atoms with van der Waals surface area (Å²) >= 11 is 0. The number of nitrogens with zero attached hydrogens (tertiary/aromatic N) is 2. The van der Waals surface area contributed by atoms with Gasteiger partial charge in [-0.25, -0.2) is 4.98 Å². The molecule has 4 rings (SSSR count). The minimum Gasteiger partial charge on any atom is -0.473 e. The summed E-state index contributed by atoms with van der Waals surface area (Å²) < 4.78 is 5.67. The van der Waals surface area contributed by atoms with E-state index in [4.69, 9.17) is 10.5 Å². The molecule has 2 fully saturated rings. The van der Waals surface area contributed by atoms with E-state index in [0.717, 1.165) is 31.5 Å². The number of carbonyl (C=O) groups excluding carboxylic acids is 1. The summed E-state index contributed by atoms with van der Waals surface area (Å²) in [6.07, 6.45) is 3.84. The molecule has 3 atom stereocenters. The summed E-state index contributed by atoms with van der Waals surface area (Å²) in [6.45, 7) is 2.06. The normalized spacial score (nSPS) is 24.0. The van der Waals surface area contributed by atoms with E-state index in [1.165, 1.54) is 0 Å². The number of fused-ring (bicyclic) bond motifs is 1. The highest BCUT2D eigenvalue weighted by atomic mass is 35.5. The summed E-state index contributed by atoms with van der Waals surface area (Å²) in [7, 11) is 0. The minimum absolute atomic E-state index is 0. The van der Waals surface area contributed by atoms with E-state index in [-0.39, 0.29) is 24.4 Å². The molecule has 1 aromatic heterocycles. The third kappa shape index (κ3) is 3.84. The Morgan fingerprint density at radius 1 is 1.15 bits per heavy atom. The van der Waals surface area contributed by atoms with Crippen LogP contribution in [0.4, 0.5) is 0 Å². The van der Waals surface area contributed by atoms with Gasteiger partial charge in [0.2, 0.25) is 5.88 Å². The smallest absolute Gasteiger partial charge is 0.255 e. The predicted octanol–water partition coefficient (Wildman–Crippen LogP) is 2.89. The Morgan fingerprint density at radius 3 is 2.65 bits per heavy atom. The van der Waals surface area contributed by atoms with Gasteiger partial charge in [0, 0.05) is 31.4 Å². The van der Waals surface area contributed by atoms with Crippen LogP contribution in [-0.2, 0) is 6.61 Å². The van der Waals surface area contributed by atoms with E-state index in [2.05, 4.69) is 4.98 Å². The molecule has 0 spiro atoms. The molecule has 1 saturated carbocycles. The first-order valence-electron chi connectivity index (χ1n) is 8.88. The molecule has 2 aromatic rings. The lowest BCUT2D eigenvalue weighted by Gasteiger charge is -2.18. The fraction of sp³-hybridized carbons (Fsp3) is 0.400. The van der Waals surface area contributed by atoms with Crippen LogP contribution < -0.4 is 10.5 Å². The number of hydrogen-bond donors (Lipinski definition) is 1. The topological polar surface area (TPSA) is 68.5 Å². The van der Waals surface area contributed by atoms with Crippen LogP contribution in [0.3, 0.4) is 0 Å². The van der Waals surface area contributed by atoms with Crippen LogP contribution in [0.2, 0.25) is 0 Å².